The molecular formula is C26H23N. The molecule has 0 saturated heterocycles. The largest absolute Gasteiger partial charge is 0.345 e. The van der Waals surface area contributed by atoms with Gasteiger partial charge in [-0.25, -0.2) is 0 Å². The lowest BCUT2D eigenvalue weighted by Crippen LogP contribution is -2.08. The molecule has 0 aliphatic carbocycles. The summed E-state index contributed by atoms with van der Waals surface area (Å²) in [5.74, 6) is 0. The molecule has 1 nitrogen and oxygen atoms in total. The number of nitrogens with zero attached hydrogens (tertiary/aromatic N) is 1. The summed E-state index contributed by atoms with van der Waals surface area (Å²) < 4.78 is 0. The van der Waals surface area contributed by atoms with Crippen LogP contribution in [-0.4, -0.2) is 7.05 Å². The molecule has 4 aromatic rings. The van der Waals surface area contributed by atoms with Gasteiger partial charge in [0.05, 0.1) is 0 Å². The molecule has 0 aromatic heterocycles. The lowest BCUT2D eigenvalue weighted by Gasteiger charge is -2.20. The molecule has 132 valence electrons. The van der Waals surface area contributed by atoms with Gasteiger partial charge >= 0.3 is 0 Å². The molecule has 0 saturated carbocycles. The van der Waals surface area contributed by atoms with Crippen molar-refractivity contribution in [1.82, 2.24) is 0 Å². The maximum absolute atomic E-state index is 2.25. The lowest BCUT2D eigenvalue weighted by atomic mass is 10.00. The first kappa shape index (κ1) is 17.1. The van der Waals surface area contributed by atoms with Crippen LogP contribution in [0.1, 0.15) is 11.1 Å². The van der Waals surface area contributed by atoms with Crippen molar-refractivity contribution in [3.05, 3.63) is 120 Å². The van der Waals surface area contributed by atoms with Gasteiger partial charge in [0.1, 0.15) is 0 Å². The van der Waals surface area contributed by atoms with Crippen molar-refractivity contribution in [1.29, 1.82) is 0 Å². The average molecular weight is 349 g/mol. The van der Waals surface area contributed by atoms with Crippen molar-refractivity contribution in [2.75, 3.05) is 11.9 Å². The van der Waals surface area contributed by atoms with Crippen LogP contribution in [0.25, 0.3) is 11.1 Å². The summed E-state index contributed by atoms with van der Waals surface area (Å²) in [6.07, 6.45) is 0.970. The maximum Gasteiger partial charge on any atom is 0.0414 e. The molecule has 0 aliphatic heterocycles. The Hall–Kier alpha value is -3.32. The van der Waals surface area contributed by atoms with Crippen molar-refractivity contribution in [2.45, 2.75) is 6.42 Å². The highest BCUT2D eigenvalue weighted by molar-refractivity contribution is 5.72. The molecule has 4 rings (SSSR count). The second kappa shape index (κ2) is 7.92. The molecule has 0 aliphatic rings. The fourth-order valence-electron chi connectivity index (χ4n) is 3.34. The molecule has 27 heavy (non-hydrogen) atoms. The van der Waals surface area contributed by atoms with E-state index in [1.165, 1.54) is 33.6 Å². The van der Waals surface area contributed by atoms with Crippen LogP contribution >= 0.6 is 0 Å². The fraction of sp³-hybridized carbons (Fsp3) is 0.0769. The van der Waals surface area contributed by atoms with Crippen LogP contribution < -0.4 is 4.90 Å². The predicted molar refractivity (Wildman–Crippen MR) is 116 cm³/mol. The van der Waals surface area contributed by atoms with Crippen LogP contribution in [0.2, 0.25) is 0 Å². The minimum atomic E-state index is 0.970. The standard InChI is InChI=1S/C26H23N/c1-27(25-12-6-3-7-13-25)26-14-8-11-24(20-26)23-17-15-22(16-18-23)19-21-9-4-2-5-10-21/h2-18,20H,19H2,1H3. The van der Waals surface area contributed by atoms with Crippen molar-refractivity contribution < 1.29 is 0 Å². The van der Waals surface area contributed by atoms with Gasteiger partial charge in [0.2, 0.25) is 0 Å². The zero-order valence-electron chi connectivity index (χ0n) is 15.5. The Bertz CT molecular complexity index is 989. The number of benzene rings is 4. The van der Waals surface area contributed by atoms with Crippen LogP contribution in [-0.2, 0) is 6.42 Å². The first-order valence-corrected chi connectivity index (χ1v) is 9.32. The Morgan fingerprint density at radius 3 is 1.81 bits per heavy atom. The lowest BCUT2D eigenvalue weighted by molar-refractivity contribution is 1.19. The Kier molecular flexibility index (Phi) is 5.02. The molecule has 0 heterocycles. The van der Waals surface area contributed by atoms with E-state index in [1.807, 2.05) is 6.07 Å². The zero-order valence-corrected chi connectivity index (χ0v) is 15.5. The van der Waals surface area contributed by atoms with Crippen molar-refractivity contribution in [3.8, 4) is 11.1 Å². The topological polar surface area (TPSA) is 3.24 Å². The monoisotopic (exact) mass is 349 g/mol. The summed E-state index contributed by atoms with van der Waals surface area (Å²) in [7, 11) is 2.11. The Labute approximate surface area is 161 Å². The number of rotatable bonds is 5. The maximum atomic E-state index is 2.25. The second-order valence-electron chi connectivity index (χ2n) is 6.80. The van der Waals surface area contributed by atoms with E-state index >= 15 is 0 Å². The van der Waals surface area contributed by atoms with Gasteiger partial charge in [0.25, 0.3) is 0 Å². The van der Waals surface area contributed by atoms with Gasteiger partial charge in [0.15, 0.2) is 0 Å². The third-order valence-corrected chi connectivity index (χ3v) is 4.92. The van der Waals surface area contributed by atoms with Crippen LogP contribution in [0.3, 0.4) is 0 Å². The van der Waals surface area contributed by atoms with Gasteiger partial charge in [-0.3, -0.25) is 0 Å². The zero-order chi connectivity index (χ0) is 18.5. The van der Waals surface area contributed by atoms with Crippen molar-refractivity contribution in [3.63, 3.8) is 0 Å². The van der Waals surface area contributed by atoms with Gasteiger partial charge in [-0.1, -0.05) is 84.9 Å². The van der Waals surface area contributed by atoms with E-state index in [0.717, 1.165) is 6.42 Å². The minimum Gasteiger partial charge on any atom is -0.345 e. The van der Waals surface area contributed by atoms with Crippen molar-refractivity contribution in [2.24, 2.45) is 0 Å². The molecule has 0 amide bonds. The third kappa shape index (κ3) is 4.09. The molecule has 0 unspecified atom stereocenters. The smallest absolute Gasteiger partial charge is 0.0414 e. The SMILES string of the molecule is CN(c1ccccc1)c1cccc(-c2ccc(Cc3ccccc3)cc2)c1. The highest BCUT2D eigenvalue weighted by atomic mass is 15.1. The van der Waals surface area contributed by atoms with E-state index in [1.54, 1.807) is 0 Å². The molecule has 0 fully saturated rings. The molecular weight excluding hydrogens is 326 g/mol. The second-order valence-corrected chi connectivity index (χ2v) is 6.80. The molecule has 0 N–H and O–H groups in total. The molecule has 1 heteroatoms. The Morgan fingerprint density at radius 1 is 0.519 bits per heavy atom. The van der Waals surface area contributed by atoms with E-state index < -0.39 is 0 Å². The van der Waals surface area contributed by atoms with E-state index in [2.05, 4.69) is 115 Å². The first-order valence-electron chi connectivity index (χ1n) is 9.32. The number of anilines is 2. The number of hydrogen-bond donors (Lipinski definition) is 0. The van der Waals surface area contributed by atoms with Crippen molar-refractivity contribution >= 4 is 11.4 Å². The fourth-order valence-corrected chi connectivity index (χ4v) is 3.34. The summed E-state index contributed by atoms with van der Waals surface area (Å²) in [5.41, 5.74) is 7.54. The van der Waals surface area contributed by atoms with E-state index in [-0.39, 0.29) is 0 Å². The van der Waals surface area contributed by atoms with Gasteiger partial charge < -0.3 is 4.90 Å². The highest BCUT2D eigenvalue weighted by Gasteiger charge is 2.06. The van der Waals surface area contributed by atoms with Crippen LogP contribution in [0.4, 0.5) is 11.4 Å². The van der Waals surface area contributed by atoms with Gasteiger partial charge in [0, 0.05) is 18.4 Å². The average Bonchev–Trinajstić information content (AvgIpc) is 2.75. The Balaban J connectivity index is 1.55. The Morgan fingerprint density at radius 2 is 1.11 bits per heavy atom. The molecule has 0 bridgehead atoms. The minimum absolute atomic E-state index is 0.970. The first-order chi connectivity index (χ1) is 13.3. The quantitative estimate of drug-likeness (QED) is 0.387. The van der Waals surface area contributed by atoms with Crippen LogP contribution in [0, 0.1) is 0 Å². The molecule has 0 atom stereocenters. The predicted octanol–water partition coefficient (Wildman–Crippen LogP) is 6.71. The summed E-state index contributed by atoms with van der Waals surface area (Å²) in [6, 6.07) is 38.7. The molecule has 0 radical (unpaired) electrons. The van der Waals surface area contributed by atoms with E-state index in [9.17, 15) is 0 Å². The van der Waals surface area contributed by atoms with Gasteiger partial charge in [-0.05, 0) is 52.9 Å². The van der Waals surface area contributed by atoms with Crippen LogP contribution in [0.5, 0.6) is 0 Å². The normalized spacial score (nSPS) is 10.6. The summed E-state index contributed by atoms with van der Waals surface area (Å²) >= 11 is 0. The van der Waals surface area contributed by atoms with E-state index in [0.29, 0.717) is 0 Å². The summed E-state index contributed by atoms with van der Waals surface area (Å²) in [6.45, 7) is 0. The van der Waals surface area contributed by atoms with E-state index in [4.69, 9.17) is 0 Å². The summed E-state index contributed by atoms with van der Waals surface area (Å²) in [5, 5.41) is 0. The van der Waals surface area contributed by atoms with Crippen LogP contribution in [0.15, 0.2) is 109 Å². The highest BCUT2D eigenvalue weighted by Crippen LogP contribution is 2.28. The molecule has 4 aromatic carbocycles. The summed E-state index contributed by atoms with van der Waals surface area (Å²) in [4.78, 5) is 2.22. The third-order valence-electron chi connectivity index (χ3n) is 4.92. The van der Waals surface area contributed by atoms with Gasteiger partial charge in [-0.2, -0.15) is 0 Å². The number of hydrogen-bond acceptors (Lipinski definition) is 1. The van der Waals surface area contributed by atoms with Gasteiger partial charge in [-0.15, -0.1) is 0 Å². The molecule has 0 spiro atoms. The number of para-hydroxylation sites is 1.